The normalized spacial score (nSPS) is 11.3. The lowest BCUT2D eigenvalue weighted by Gasteiger charge is -2.26. The average molecular weight is 554 g/mol. The van der Waals surface area contributed by atoms with Crippen molar-refractivity contribution in [2.75, 3.05) is 4.90 Å². The topological polar surface area (TPSA) is 3.24 Å². The van der Waals surface area contributed by atoms with Crippen LogP contribution in [0.1, 0.15) is 0 Å². The average Bonchev–Trinajstić information content (AvgIpc) is 3.46. The minimum atomic E-state index is 1.13. The molecule has 0 fully saturated rings. The van der Waals surface area contributed by atoms with E-state index in [-0.39, 0.29) is 0 Å². The second-order valence-corrected chi connectivity index (χ2v) is 11.7. The predicted octanol–water partition coefficient (Wildman–Crippen LogP) is 12.0. The largest absolute Gasteiger partial charge is 0.310 e. The monoisotopic (exact) mass is 553 g/mol. The van der Waals surface area contributed by atoms with Gasteiger partial charge in [0.05, 0.1) is 0 Å². The quantitative estimate of drug-likeness (QED) is 0.205. The van der Waals surface area contributed by atoms with Crippen LogP contribution < -0.4 is 4.90 Å². The van der Waals surface area contributed by atoms with Crippen LogP contribution in [0.25, 0.3) is 53.2 Å². The molecule has 0 aliphatic rings. The molecular formula is C40H27NS. The molecule has 42 heavy (non-hydrogen) atoms. The van der Waals surface area contributed by atoms with Gasteiger partial charge in [-0.25, -0.2) is 0 Å². The highest BCUT2D eigenvalue weighted by molar-refractivity contribution is 7.26. The second-order valence-electron chi connectivity index (χ2n) is 10.6. The number of benzene rings is 7. The Labute approximate surface area is 249 Å². The number of fused-ring (bicyclic) bond motifs is 5. The van der Waals surface area contributed by atoms with Crippen LogP contribution in [-0.4, -0.2) is 0 Å². The molecule has 0 N–H and O–H groups in total. The summed E-state index contributed by atoms with van der Waals surface area (Å²) in [6.07, 6.45) is 0. The smallest absolute Gasteiger partial charge is 0.0468 e. The van der Waals surface area contributed by atoms with E-state index in [4.69, 9.17) is 0 Å². The van der Waals surface area contributed by atoms with Gasteiger partial charge in [-0.15, -0.1) is 11.3 Å². The number of hydrogen-bond donors (Lipinski definition) is 0. The van der Waals surface area contributed by atoms with E-state index in [0.717, 1.165) is 17.1 Å². The Hall–Kier alpha value is -5.18. The predicted molar refractivity (Wildman–Crippen MR) is 182 cm³/mol. The zero-order valence-corrected chi connectivity index (χ0v) is 23.8. The molecule has 0 unspecified atom stereocenters. The lowest BCUT2D eigenvalue weighted by molar-refractivity contribution is 1.29. The third-order valence-corrected chi connectivity index (χ3v) is 9.20. The standard InChI is InChI=1S/C40H27NS/c1-3-9-28(10-4-1)29-15-17-30(18-16-29)31-19-23-34(24-20-31)41(33-11-5-2-6-12-33)35-25-21-32-22-26-39-40(37(32)27-35)36-13-7-8-14-38(36)42-39/h1-27H. The molecule has 2 heteroatoms. The van der Waals surface area contributed by atoms with Crippen molar-refractivity contribution < 1.29 is 0 Å². The molecular weight excluding hydrogens is 527 g/mol. The summed E-state index contributed by atoms with van der Waals surface area (Å²) in [4.78, 5) is 2.36. The van der Waals surface area contributed by atoms with Gasteiger partial charge < -0.3 is 4.90 Å². The summed E-state index contributed by atoms with van der Waals surface area (Å²) >= 11 is 1.87. The van der Waals surface area contributed by atoms with Gasteiger partial charge in [-0.2, -0.15) is 0 Å². The summed E-state index contributed by atoms with van der Waals surface area (Å²) in [7, 11) is 0. The number of nitrogens with zero attached hydrogens (tertiary/aromatic N) is 1. The lowest BCUT2D eigenvalue weighted by atomic mass is 10.00. The first-order valence-corrected chi connectivity index (χ1v) is 15.1. The maximum absolute atomic E-state index is 2.36. The van der Waals surface area contributed by atoms with Gasteiger partial charge in [-0.3, -0.25) is 0 Å². The fourth-order valence-corrected chi connectivity index (χ4v) is 7.10. The molecule has 198 valence electrons. The van der Waals surface area contributed by atoms with E-state index in [1.165, 1.54) is 53.2 Å². The van der Waals surface area contributed by atoms with Gasteiger partial charge in [-0.05, 0) is 81.6 Å². The summed E-state index contributed by atoms with van der Waals surface area (Å²) in [5.41, 5.74) is 8.31. The zero-order valence-electron chi connectivity index (χ0n) is 22.9. The highest BCUT2D eigenvalue weighted by Gasteiger charge is 2.15. The number of para-hydroxylation sites is 1. The SMILES string of the molecule is c1ccc(-c2ccc(-c3ccc(N(c4ccccc4)c4ccc5ccc6sc7ccccc7c6c5c4)cc3)cc2)cc1. The summed E-state index contributed by atoms with van der Waals surface area (Å²) in [6.45, 7) is 0. The van der Waals surface area contributed by atoms with Crippen LogP contribution in [0.15, 0.2) is 164 Å². The van der Waals surface area contributed by atoms with Crippen molar-refractivity contribution in [1.82, 2.24) is 0 Å². The Bertz CT molecular complexity index is 2160. The molecule has 0 saturated heterocycles. The second kappa shape index (κ2) is 10.3. The van der Waals surface area contributed by atoms with Crippen molar-refractivity contribution in [2.45, 2.75) is 0 Å². The first-order valence-electron chi connectivity index (χ1n) is 14.3. The van der Waals surface area contributed by atoms with Crippen molar-refractivity contribution in [2.24, 2.45) is 0 Å². The van der Waals surface area contributed by atoms with E-state index in [1.54, 1.807) is 0 Å². The summed E-state index contributed by atoms with van der Waals surface area (Å²) in [5.74, 6) is 0. The van der Waals surface area contributed by atoms with E-state index in [2.05, 4.69) is 169 Å². The van der Waals surface area contributed by atoms with Gasteiger partial charge in [0.1, 0.15) is 0 Å². The molecule has 7 aromatic carbocycles. The minimum Gasteiger partial charge on any atom is -0.310 e. The number of rotatable bonds is 5. The van der Waals surface area contributed by atoms with E-state index in [0.29, 0.717) is 0 Å². The zero-order chi connectivity index (χ0) is 27.9. The number of thiophene rings is 1. The molecule has 1 aromatic heterocycles. The van der Waals surface area contributed by atoms with E-state index >= 15 is 0 Å². The van der Waals surface area contributed by atoms with Gasteiger partial charge in [0.2, 0.25) is 0 Å². The molecule has 0 radical (unpaired) electrons. The van der Waals surface area contributed by atoms with Crippen LogP contribution >= 0.6 is 11.3 Å². The molecule has 0 amide bonds. The summed E-state index contributed by atoms with van der Waals surface area (Å²) < 4.78 is 2.66. The number of anilines is 3. The van der Waals surface area contributed by atoms with Crippen LogP contribution in [0.3, 0.4) is 0 Å². The Morgan fingerprint density at radius 2 is 0.881 bits per heavy atom. The molecule has 1 heterocycles. The van der Waals surface area contributed by atoms with Gasteiger partial charge in [0.25, 0.3) is 0 Å². The molecule has 8 aromatic rings. The van der Waals surface area contributed by atoms with Crippen molar-refractivity contribution in [3.63, 3.8) is 0 Å². The molecule has 8 rings (SSSR count). The molecule has 0 atom stereocenters. The third-order valence-electron chi connectivity index (χ3n) is 8.07. The maximum Gasteiger partial charge on any atom is 0.0468 e. The highest BCUT2D eigenvalue weighted by atomic mass is 32.1. The van der Waals surface area contributed by atoms with Crippen molar-refractivity contribution in [1.29, 1.82) is 0 Å². The summed E-state index contributed by atoms with van der Waals surface area (Å²) in [6, 6.07) is 59.1. The van der Waals surface area contributed by atoms with Crippen LogP contribution in [0.5, 0.6) is 0 Å². The molecule has 0 saturated carbocycles. The van der Waals surface area contributed by atoms with E-state index in [9.17, 15) is 0 Å². The lowest BCUT2D eigenvalue weighted by Crippen LogP contribution is -2.09. The van der Waals surface area contributed by atoms with Crippen molar-refractivity contribution in [3.8, 4) is 22.3 Å². The van der Waals surface area contributed by atoms with Gasteiger partial charge in [-0.1, -0.05) is 115 Å². The van der Waals surface area contributed by atoms with Crippen molar-refractivity contribution in [3.05, 3.63) is 164 Å². The Morgan fingerprint density at radius 1 is 0.357 bits per heavy atom. The first-order chi connectivity index (χ1) is 20.8. The van der Waals surface area contributed by atoms with Crippen LogP contribution in [0.2, 0.25) is 0 Å². The Kier molecular flexibility index (Phi) is 6.05. The molecule has 0 spiro atoms. The van der Waals surface area contributed by atoms with Crippen LogP contribution in [0, 0.1) is 0 Å². The molecule has 0 aliphatic carbocycles. The highest BCUT2D eigenvalue weighted by Crippen LogP contribution is 2.42. The Balaban J connectivity index is 1.21. The fraction of sp³-hybridized carbons (Fsp3) is 0. The minimum absolute atomic E-state index is 1.13. The van der Waals surface area contributed by atoms with E-state index < -0.39 is 0 Å². The molecule has 0 aliphatic heterocycles. The van der Waals surface area contributed by atoms with Crippen molar-refractivity contribution >= 4 is 59.3 Å². The maximum atomic E-state index is 2.36. The molecule has 1 nitrogen and oxygen atoms in total. The molecule has 0 bridgehead atoms. The van der Waals surface area contributed by atoms with Gasteiger partial charge in [0, 0.05) is 37.2 Å². The third kappa shape index (κ3) is 4.34. The van der Waals surface area contributed by atoms with E-state index in [1.807, 2.05) is 11.3 Å². The van der Waals surface area contributed by atoms with Gasteiger partial charge >= 0.3 is 0 Å². The van der Waals surface area contributed by atoms with Crippen LogP contribution in [0.4, 0.5) is 17.1 Å². The van der Waals surface area contributed by atoms with Crippen LogP contribution in [-0.2, 0) is 0 Å². The number of hydrogen-bond acceptors (Lipinski definition) is 2. The Morgan fingerprint density at radius 3 is 1.60 bits per heavy atom. The summed E-state index contributed by atoms with van der Waals surface area (Å²) in [5, 5.41) is 5.22. The van der Waals surface area contributed by atoms with Gasteiger partial charge in [0.15, 0.2) is 0 Å². The fourth-order valence-electron chi connectivity index (χ4n) is 5.98. The first kappa shape index (κ1) is 24.6.